The van der Waals surface area contributed by atoms with Crippen molar-refractivity contribution in [3.05, 3.63) is 12.2 Å². The molecule has 80 valence electrons. The van der Waals surface area contributed by atoms with E-state index < -0.39 is 0 Å². The minimum Gasteiger partial charge on any atom is -0.369 e. The summed E-state index contributed by atoms with van der Waals surface area (Å²) in [6.45, 7) is 4.89. The molecule has 0 aromatic carbocycles. The first-order chi connectivity index (χ1) is 6.77. The van der Waals surface area contributed by atoms with Crippen LogP contribution in [0.25, 0.3) is 0 Å². The maximum absolute atomic E-state index is 5.67. The summed E-state index contributed by atoms with van der Waals surface area (Å²) >= 11 is 0. The van der Waals surface area contributed by atoms with Gasteiger partial charge in [0, 0.05) is 20.1 Å². The molecule has 0 aromatic rings. The van der Waals surface area contributed by atoms with Crippen molar-refractivity contribution in [3.8, 4) is 0 Å². The maximum Gasteiger partial charge on any atom is 0.112 e. The largest absolute Gasteiger partial charge is 0.369 e. The van der Waals surface area contributed by atoms with Gasteiger partial charge in [-0.1, -0.05) is 13.0 Å². The Morgan fingerprint density at radius 1 is 1.64 bits per heavy atom. The second-order valence-electron chi connectivity index (χ2n) is 3.58. The predicted molar refractivity (Wildman–Crippen MR) is 60.0 cm³/mol. The van der Waals surface area contributed by atoms with Crippen LogP contribution in [0.5, 0.6) is 0 Å². The summed E-state index contributed by atoms with van der Waals surface area (Å²) in [5, 5.41) is 0. The molecule has 0 N–H and O–H groups in total. The molecule has 1 heterocycles. The van der Waals surface area contributed by atoms with Crippen LogP contribution >= 0.6 is 0 Å². The molecule has 0 bridgehead atoms. The average Bonchev–Trinajstić information content (AvgIpc) is 2.19. The number of aliphatic imine (C=N–C) groups is 1. The van der Waals surface area contributed by atoms with E-state index in [1.807, 2.05) is 7.05 Å². The first-order valence-corrected chi connectivity index (χ1v) is 5.21. The van der Waals surface area contributed by atoms with Gasteiger partial charge < -0.3 is 9.64 Å². The van der Waals surface area contributed by atoms with E-state index in [9.17, 15) is 0 Å². The molecule has 1 fully saturated rings. The molecule has 1 aliphatic rings. The highest BCUT2D eigenvalue weighted by Gasteiger charge is 2.20. The second-order valence-corrected chi connectivity index (χ2v) is 3.58. The maximum atomic E-state index is 5.67. The Balaban J connectivity index is 2.56. The van der Waals surface area contributed by atoms with Crippen molar-refractivity contribution in [1.29, 1.82) is 0 Å². The van der Waals surface area contributed by atoms with Gasteiger partial charge in [-0.2, -0.15) is 0 Å². The zero-order valence-corrected chi connectivity index (χ0v) is 9.36. The summed E-state index contributed by atoms with van der Waals surface area (Å²) < 4.78 is 5.67. The fourth-order valence-corrected chi connectivity index (χ4v) is 1.52. The van der Waals surface area contributed by atoms with Crippen LogP contribution in [0.4, 0.5) is 0 Å². The van der Waals surface area contributed by atoms with Crippen LogP contribution in [0, 0.1) is 0 Å². The normalized spacial score (nSPS) is 25.9. The van der Waals surface area contributed by atoms with E-state index in [4.69, 9.17) is 4.74 Å². The van der Waals surface area contributed by atoms with E-state index in [0.717, 1.165) is 31.8 Å². The molecule has 14 heavy (non-hydrogen) atoms. The van der Waals surface area contributed by atoms with Gasteiger partial charge in [0.1, 0.15) is 6.10 Å². The zero-order valence-electron chi connectivity index (χ0n) is 9.36. The molecule has 1 saturated heterocycles. The highest BCUT2D eigenvalue weighted by atomic mass is 16.5. The van der Waals surface area contributed by atoms with Crippen LogP contribution in [0.15, 0.2) is 17.1 Å². The Labute approximate surface area is 86.5 Å². The molecule has 3 heteroatoms. The van der Waals surface area contributed by atoms with Crippen LogP contribution in [0.2, 0.25) is 0 Å². The SMILES string of the molecule is CC/C=C\C(=NC)C1CN(C)CCO1. The van der Waals surface area contributed by atoms with Crippen molar-refractivity contribution in [3.63, 3.8) is 0 Å². The van der Waals surface area contributed by atoms with Crippen molar-refractivity contribution in [1.82, 2.24) is 4.90 Å². The van der Waals surface area contributed by atoms with Gasteiger partial charge in [0.25, 0.3) is 0 Å². The Bertz CT molecular complexity index is 223. The molecule has 0 amide bonds. The van der Waals surface area contributed by atoms with Gasteiger partial charge in [-0.25, -0.2) is 0 Å². The number of nitrogens with zero attached hydrogens (tertiary/aromatic N) is 2. The second kappa shape index (κ2) is 5.94. The predicted octanol–water partition coefficient (Wildman–Crippen LogP) is 1.35. The molecular formula is C11H20N2O. The Kier molecular flexibility index (Phi) is 4.84. The minimum atomic E-state index is 0.154. The van der Waals surface area contributed by atoms with Crippen molar-refractivity contribution in [2.24, 2.45) is 4.99 Å². The molecule has 0 spiro atoms. The van der Waals surface area contributed by atoms with Crippen molar-refractivity contribution in [2.45, 2.75) is 19.4 Å². The molecule has 0 aromatic heterocycles. The highest BCUT2D eigenvalue weighted by Crippen LogP contribution is 2.06. The van der Waals surface area contributed by atoms with Gasteiger partial charge in [-0.15, -0.1) is 0 Å². The number of likely N-dealkylation sites (N-methyl/N-ethyl adjacent to an activating group) is 1. The molecule has 1 unspecified atom stereocenters. The molecule has 0 radical (unpaired) electrons. The van der Waals surface area contributed by atoms with Gasteiger partial charge in [0.2, 0.25) is 0 Å². The number of allylic oxidation sites excluding steroid dienone is 1. The van der Waals surface area contributed by atoms with Crippen LogP contribution in [-0.2, 0) is 4.74 Å². The van der Waals surface area contributed by atoms with E-state index >= 15 is 0 Å². The third-order valence-corrected chi connectivity index (χ3v) is 2.38. The summed E-state index contributed by atoms with van der Waals surface area (Å²) in [4.78, 5) is 6.54. The van der Waals surface area contributed by atoms with E-state index in [2.05, 4.69) is 36.0 Å². The lowest BCUT2D eigenvalue weighted by molar-refractivity contribution is 0.0178. The summed E-state index contributed by atoms with van der Waals surface area (Å²) in [7, 11) is 3.94. The number of hydrogen-bond acceptors (Lipinski definition) is 3. The van der Waals surface area contributed by atoms with Crippen LogP contribution in [0.1, 0.15) is 13.3 Å². The first kappa shape index (κ1) is 11.4. The van der Waals surface area contributed by atoms with E-state index in [1.165, 1.54) is 0 Å². The quantitative estimate of drug-likeness (QED) is 0.637. The summed E-state index contributed by atoms with van der Waals surface area (Å²) in [6.07, 6.45) is 5.40. The lowest BCUT2D eigenvalue weighted by Crippen LogP contribution is -2.43. The fourth-order valence-electron chi connectivity index (χ4n) is 1.52. The Morgan fingerprint density at radius 3 is 3.00 bits per heavy atom. The van der Waals surface area contributed by atoms with Gasteiger partial charge >= 0.3 is 0 Å². The van der Waals surface area contributed by atoms with Crippen molar-refractivity contribution >= 4 is 5.71 Å². The number of rotatable bonds is 3. The zero-order chi connectivity index (χ0) is 10.4. The summed E-state index contributed by atoms with van der Waals surface area (Å²) in [5.74, 6) is 0. The topological polar surface area (TPSA) is 24.8 Å². The average molecular weight is 196 g/mol. The lowest BCUT2D eigenvalue weighted by atomic mass is 10.1. The van der Waals surface area contributed by atoms with Gasteiger partial charge in [0.05, 0.1) is 12.3 Å². The molecule has 0 aliphatic carbocycles. The Hall–Kier alpha value is -0.670. The third-order valence-electron chi connectivity index (χ3n) is 2.38. The third kappa shape index (κ3) is 3.24. The standard InChI is InChI=1S/C11H20N2O/c1-4-5-6-10(12-2)11-9-13(3)7-8-14-11/h5-6,11H,4,7-9H2,1-3H3/b6-5-,12-10?. The van der Waals surface area contributed by atoms with E-state index in [1.54, 1.807) is 0 Å². The molecule has 1 atom stereocenters. The molecule has 1 rings (SSSR count). The highest BCUT2D eigenvalue weighted by molar-refractivity contribution is 5.98. The smallest absolute Gasteiger partial charge is 0.112 e. The number of morpholine rings is 1. The minimum absolute atomic E-state index is 0.154. The van der Waals surface area contributed by atoms with E-state index in [-0.39, 0.29) is 6.10 Å². The molecule has 1 aliphatic heterocycles. The summed E-state index contributed by atoms with van der Waals surface area (Å²) in [6, 6.07) is 0. The monoisotopic (exact) mass is 196 g/mol. The van der Waals surface area contributed by atoms with E-state index in [0.29, 0.717) is 0 Å². The molecule has 0 saturated carbocycles. The molecular weight excluding hydrogens is 176 g/mol. The van der Waals surface area contributed by atoms with Gasteiger partial charge in [-0.3, -0.25) is 4.99 Å². The van der Waals surface area contributed by atoms with Crippen LogP contribution < -0.4 is 0 Å². The fraction of sp³-hybridized carbons (Fsp3) is 0.727. The van der Waals surface area contributed by atoms with Gasteiger partial charge in [-0.05, 0) is 19.5 Å². The van der Waals surface area contributed by atoms with Gasteiger partial charge in [0.15, 0.2) is 0 Å². The van der Waals surface area contributed by atoms with Crippen molar-refractivity contribution < 1.29 is 4.74 Å². The van der Waals surface area contributed by atoms with Crippen LogP contribution in [0.3, 0.4) is 0 Å². The number of ether oxygens (including phenoxy) is 1. The Morgan fingerprint density at radius 2 is 2.43 bits per heavy atom. The first-order valence-electron chi connectivity index (χ1n) is 5.21. The molecule has 3 nitrogen and oxygen atoms in total. The summed E-state index contributed by atoms with van der Waals surface area (Å²) in [5.41, 5.74) is 1.05. The lowest BCUT2D eigenvalue weighted by Gasteiger charge is -2.30. The number of hydrogen-bond donors (Lipinski definition) is 0. The van der Waals surface area contributed by atoms with Crippen LogP contribution in [-0.4, -0.2) is 50.5 Å². The van der Waals surface area contributed by atoms with Crippen molar-refractivity contribution in [2.75, 3.05) is 33.8 Å².